The minimum Gasteiger partial charge on any atom is -0.395 e. The van der Waals surface area contributed by atoms with Gasteiger partial charge in [-0.25, -0.2) is 4.98 Å². The lowest BCUT2D eigenvalue weighted by atomic mass is 10.0. The van der Waals surface area contributed by atoms with Crippen molar-refractivity contribution in [3.8, 4) is 0 Å². The lowest BCUT2D eigenvalue weighted by molar-refractivity contribution is -0.402. The number of fused-ring (bicyclic) bond motifs is 1. The van der Waals surface area contributed by atoms with Crippen LogP contribution in [0.3, 0.4) is 0 Å². The van der Waals surface area contributed by atoms with Crippen molar-refractivity contribution in [1.29, 1.82) is 0 Å². The van der Waals surface area contributed by atoms with Crippen LogP contribution >= 0.6 is 11.3 Å². The topological polar surface area (TPSA) is 98.3 Å². The van der Waals surface area contributed by atoms with Gasteiger partial charge in [0.2, 0.25) is 0 Å². The SMILES string of the molecule is CC(C)c1ccc2nc(NC(=O)c3ccc([N+](=O)[O-])o3)sc2c1. The maximum atomic E-state index is 12.0. The van der Waals surface area contributed by atoms with Gasteiger partial charge in [-0.3, -0.25) is 20.2 Å². The zero-order valence-corrected chi connectivity index (χ0v) is 13.2. The van der Waals surface area contributed by atoms with Gasteiger partial charge in [-0.2, -0.15) is 0 Å². The summed E-state index contributed by atoms with van der Waals surface area (Å²) < 4.78 is 5.84. The number of nitro groups is 1. The van der Waals surface area contributed by atoms with Crippen molar-refractivity contribution in [2.45, 2.75) is 19.8 Å². The fourth-order valence-electron chi connectivity index (χ4n) is 2.06. The van der Waals surface area contributed by atoms with Crippen molar-refractivity contribution in [2.75, 3.05) is 5.32 Å². The quantitative estimate of drug-likeness (QED) is 0.571. The molecule has 3 rings (SSSR count). The summed E-state index contributed by atoms with van der Waals surface area (Å²) in [6.07, 6.45) is 0. The van der Waals surface area contributed by atoms with E-state index in [0.717, 1.165) is 16.3 Å². The highest BCUT2D eigenvalue weighted by atomic mass is 32.1. The number of carbonyl (C=O) groups is 1. The number of hydrogen-bond acceptors (Lipinski definition) is 6. The van der Waals surface area contributed by atoms with E-state index in [4.69, 9.17) is 4.42 Å². The molecule has 0 aliphatic rings. The highest BCUT2D eigenvalue weighted by Gasteiger charge is 2.18. The van der Waals surface area contributed by atoms with E-state index in [1.165, 1.54) is 23.0 Å². The maximum Gasteiger partial charge on any atom is 0.433 e. The summed E-state index contributed by atoms with van der Waals surface area (Å²) in [4.78, 5) is 26.2. The van der Waals surface area contributed by atoms with Gasteiger partial charge in [-0.1, -0.05) is 31.3 Å². The molecule has 23 heavy (non-hydrogen) atoms. The monoisotopic (exact) mass is 331 g/mol. The van der Waals surface area contributed by atoms with E-state index in [9.17, 15) is 14.9 Å². The number of benzene rings is 1. The van der Waals surface area contributed by atoms with E-state index in [1.807, 2.05) is 18.2 Å². The number of nitrogens with zero attached hydrogens (tertiary/aromatic N) is 2. The summed E-state index contributed by atoms with van der Waals surface area (Å²) in [6, 6.07) is 8.37. The summed E-state index contributed by atoms with van der Waals surface area (Å²) in [5, 5.41) is 13.6. The van der Waals surface area contributed by atoms with Crippen molar-refractivity contribution >= 4 is 38.5 Å². The largest absolute Gasteiger partial charge is 0.433 e. The predicted molar refractivity (Wildman–Crippen MR) is 87.0 cm³/mol. The molecule has 1 N–H and O–H groups in total. The number of thiazole rings is 1. The second-order valence-corrected chi connectivity index (χ2v) is 6.28. The lowest BCUT2D eigenvalue weighted by Crippen LogP contribution is -2.10. The molecule has 0 spiro atoms. The molecule has 0 fully saturated rings. The molecule has 0 atom stereocenters. The number of aromatic nitrogens is 1. The van der Waals surface area contributed by atoms with Crippen molar-refractivity contribution in [1.82, 2.24) is 4.98 Å². The van der Waals surface area contributed by atoms with Gasteiger partial charge >= 0.3 is 5.88 Å². The normalized spacial score (nSPS) is 11.1. The Kier molecular flexibility index (Phi) is 3.83. The van der Waals surface area contributed by atoms with Crippen LogP contribution in [-0.2, 0) is 0 Å². The lowest BCUT2D eigenvalue weighted by Gasteiger charge is -2.03. The van der Waals surface area contributed by atoms with Crippen molar-refractivity contribution in [3.05, 3.63) is 51.8 Å². The minimum atomic E-state index is -0.693. The van der Waals surface area contributed by atoms with Crippen molar-refractivity contribution in [3.63, 3.8) is 0 Å². The van der Waals surface area contributed by atoms with Crippen LogP contribution in [0.1, 0.15) is 35.9 Å². The van der Waals surface area contributed by atoms with Gasteiger partial charge in [0.15, 0.2) is 10.9 Å². The Morgan fingerprint density at radius 2 is 2.13 bits per heavy atom. The molecule has 0 aliphatic carbocycles. The van der Waals surface area contributed by atoms with Gasteiger partial charge in [0.25, 0.3) is 5.91 Å². The standard InChI is InChI=1S/C15H13N3O4S/c1-8(2)9-3-4-10-12(7-9)23-15(16-10)17-14(19)11-5-6-13(22-11)18(20)21/h3-8H,1-2H3,(H,16,17,19). The Morgan fingerprint density at radius 1 is 1.35 bits per heavy atom. The second-order valence-electron chi connectivity index (χ2n) is 5.25. The fourth-order valence-corrected chi connectivity index (χ4v) is 2.97. The average Bonchev–Trinajstić information content (AvgIpc) is 3.12. The van der Waals surface area contributed by atoms with Gasteiger partial charge < -0.3 is 4.42 Å². The molecule has 1 amide bonds. The number of anilines is 1. The van der Waals surface area contributed by atoms with Crippen LogP contribution in [-0.4, -0.2) is 15.8 Å². The molecule has 7 nitrogen and oxygen atoms in total. The minimum absolute atomic E-state index is 0.126. The molecule has 0 saturated heterocycles. The zero-order chi connectivity index (χ0) is 16.6. The third-order valence-electron chi connectivity index (χ3n) is 3.30. The number of hydrogen-bond donors (Lipinski definition) is 1. The van der Waals surface area contributed by atoms with Crippen LogP contribution in [0.25, 0.3) is 10.2 Å². The van der Waals surface area contributed by atoms with Gasteiger partial charge in [0.05, 0.1) is 16.3 Å². The molecule has 8 heteroatoms. The van der Waals surface area contributed by atoms with Gasteiger partial charge in [0, 0.05) is 0 Å². The van der Waals surface area contributed by atoms with E-state index in [0.29, 0.717) is 11.0 Å². The van der Waals surface area contributed by atoms with Gasteiger partial charge in [-0.05, 0) is 29.7 Å². The average molecular weight is 331 g/mol. The molecule has 118 valence electrons. The molecule has 0 unspecified atom stereocenters. The number of rotatable bonds is 4. The molecule has 0 saturated carbocycles. The molecule has 3 aromatic rings. The zero-order valence-electron chi connectivity index (χ0n) is 12.4. The predicted octanol–water partition coefficient (Wildman–Crippen LogP) is 4.17. The van der Waals surface area contributed by atoms with E-state index < -0.39 is 16.7 Å². The summed E-state index contributed by atoms with van der Waals surface area (Å²) in [6.45, 7) is 4.21. The maximum absolute atomic E-state index is 12.0. The van der Waals surface area contributed by atoms with Crippen molar-refractivity contribution < 1.29 is 14.1 Å². The first kappa shape index (κ1) is 15.2. The number of amides is 1. The second kappa shape index (κ2) is 5.81. The first-order valence-corrected chi connectivity index (χ1v) is 7.72. The third kappa shape index (κ3) is 3.07. The smallest absolute Gasteiger partial charge is 0.395 e. The van der Waals surface area contributed by atoms with Crippen LogP contribution in [0.5, 0.6) is 0 Å². The first-order chi connectivity index (χ1) is 10.9. The van der Waals surface area contributed by atoms with E-state index in [-0.39, 0.29) is 5.76 Å². The summed E-state index contributed by atoms with van der Waals surface area (Å²) >= 11 is 1.35. The van der Waals surface area contributed by atoms with E-state index >= 15 is 0 Å². The highest BCUT2D eigenvalue weighted by Crippen LogP contribution is 2.29. The summed E-state index contributed by atoms with van der Waals surface area (Å²) in [5.74, 6) is -0.760. The summed E-state index contributed by atoms with van der Waals surface area (Å²) in [5.41, 5.74) is 1.99. The fraction of sp³-hybridized carbons (Fsp3) is 0.200. The molecule has 1 aromatic carbocycles. The first-order valence-electron chi connectivity index (χ1n) is 6.90. The van der Waals surface area contributed by atoms with Crippen LogP contribution in [0.2, 0.25) is 0 Å². The molecule has 2 heterocycles. The van der Waals surface area contributed by atoms with Crippen LogP contribution in [0.15, 0.2) is 34.7 Å². The summed E-state index contributed by atoms with van der Waals surface area (Å²) in [7, 11) is 0. The van der Waals surface area contributed by atoms with Gasteiger partial charge in [-0.15, -0.1) is 0 Å². The Labute approximate surface area is 135 Å². The molecule has 0 aliphatic heterocycles. The Morgan fingerprint density at radius 3 is 2.78 bits per heavy atom. The van der Waals surface area contributed by atoms with Crippen LogP contribution < -0.4 is 5.32 Å². The molecule has 0 bridgehead atoms. The highest BCUT2D eigenvalue weighted by molar-refractivity contribution is 7.22. The molecule has 2 aromatic heterocycles. The molecular formula is C15H13N3O4S. The molecule has 0 radical (unpaired) electrons. The Hall–Kier alpha value is -2.74. The number of furan rings is 1. The van der Waals surface area contributed by atoms with Gasteiger partial charge in [0.1, 0.15) is 4.92 Å². The van der Waals surface area contributed by atoms with E-state index in [1.54, 1.807) is 0 Å². The van der Waals surface area contributed by atoms with Crippen molar-refractivity contribution in [2.24, 2.45) is 0 Å². The third-order valence-corrected chi connectivity index (χ3v) is 4.23. The number of carbonyl (C=O) groups excluding carboxylic acids is 1. The Balaban J connectivity index is 1.82. The Bertz CT molecular complexity index is 897. The van der Waals surface area contributed by atoms with Crippen LogP contribution in [0, 0.1) is 10.1 Å². The van der Waals surface area contributed by atoms with Crippen LogP contribution in [0.4, 0.5) is 11.0 Å². The molecular weight excluding hydrogens is 318 g/mol. The number of nitrogens with one attached hydrogen (secondary N) is 1. The van der Waals surface area contributed by atoms with E-state index in [2.05, 4.69) is 24.1 Å².